The van der Waals surface area contributed by atoms with Crippen LogP contribution in [-0.4, -0.2) is 24.4 Å². The Balaban J connectivity index is 4.16. The average molecular weight is 245 g/mol. The van der Waals surface area contributed by atoms with Gasteiger partial charge >= 0.3 is 0 Å². The minimum atomic E-state index is -0.337. The molecule has 0 saturated carbocycles. The SMILES string of the molecule is C=C/C(C=N)=C/CCC(C=N)C/C=C/C(=O)C=N. The molecule has 0 radical (unpaired) electrons. The second kappa shape index (κ2) is 10.1. The monoisotopic (exact) mass is 245 g/mol. The van der Waals surface area contributed by atoms with Crippen LogP contribution < -0.4 is 0 Å². The van der Waals surface area contributed by atoms with Gasteiger partial charge in [-0.05, 0) is 43.0 Å². The van der Waals surface area contributed by atoms with Crippen molar-refractivity contribution in [1.82, 2.24) is 0 Å². The first kappa shape index (κ1) is 15.9. The van der Waals surface area contributed by atoms with Gasteiger partial charge in [0.2, 0.25) is 0 Å². The van der Waals surface area contributed by atoms with Crippen LogP contribution in [0.2, 0.25) is 0 Å². The van der Waals surface area contributed by atoms with Gasteiger partial charge in [-0.25, -0.2) is 0 Å². The first-order valence-corrected chi connectivity index (χ1v) is 5.72. The van der Waals surface area contributed by atoms with Crippen molar-refractivity contribution in [3.8, 4) is 0 Å². The van der Waals surface area contributed by atoms with Crippen molar-refractivity contribution in [3.63, 3.8) is 0 Å². The minimum absolute atomic E-state index is 0.0767. The molecule has 0 fully saturated rings. The number of allylic oxidation sites excluding steroid dienone is 5. The van der Waals surface area contributed by atoms with Gasteiger partial charge in [-0.1, -0.05) is 24.8 Å². The molecule has 96 valence electrons. The van der Waals surface area contributed by atoms with Gasteiger partial charge in [0, 0.05) is 6.21 Å². The van der Waals surface area contributed by atoms with Gasteiger partial charge in [0.1, 0.15) is 0 Å². The van der Waals surface area contributed by atoms with E-state index in [9.17, 15) is 4.79 Å². The maximum Gasteiger partial charge on any atom is 0.195 e. The lowest BCUT2D eigenvalue weighted by Gasteiger charge is -2.06. The molecular formula is C14H19N3O. The van der Waals surface area contributed by atoms with Crippen LogP contribution in [0.5, 0.6) is 0 Å². The summed E-state index contributed by atoms with van der Waals surface area (Å²) >= 11 is 0. The van der Waals surface area contributed by atoms with Crippen molar-refractivity contribution in [1.29, 1.82) is 16.2 Å². The highest BCUT2D eigenvalue weighted by Gasteiger charge is 2.02. The highest BCUT2D eigenvalue weighted by atomic mass is 16.1. The van der Waals surface area contributed by atoms with Gasteiger partial charge in [0.15, 0.2) is 5.78 Å². The average Bonchev–Trinajstić information content (AvgIpc) is 2.41. The molecule has 0 aliphatic rings. The molecule has 1 unspecified atom stereocenters. The van der Waals surface area contributed by atoms with Crippen molar-refractivity contribution >= 4 is 24.4 Å². The van der Waals surface area contributed by atoms with Crippen LogP contribution in [0.25, 0.3) is 0 Å². The number of hydrogen-bond donors (Lipinski definition) is 3. The van der Waals surface area contributed by atoms with Crippen LogP contribution in [0, 0.1) is 22.1 Å². The maximum atomic E-state index is 10.8. The normalized spacial score (nSPS) is 13.0. The van der Waals surface area contributed by atoms with Crippen molar-refractivity contribution in [2.24, 2.45) is 5.92 Å². The molecule has 0 aliphatic heterocycles. The van der Waals surface area contributed by atoms with Crippen LogP contribution in [-0.2, 0) is 4.79 Å². The lowest BCUT2D eigenvalue weighted by Crippen LogP contribution is -2.00. The standard InChI is InChI=1S/C14H19N3O/c1-2-12(9-15)5-3-6-13(10-16)7-4-8-14(18)11-17/h2,4-5,8-11,13,15-17H,1,3,6-7H2/b8-4+,12-5-,15-9?,16-10?,17-11?. The molecular weight excluding hydrogens is 226 g/mol. The quantitative estimate of drug-likeness (QED) is 0.308. The fourth-order valence-corrected chi connectivity index (χ4v) is 1.34. The smallest absolute Gasteiger partial charge is 0.195 e. The van der Waals surface area contributed by atoms with Crippen LogP contribution in [0.3, 0.4) is 0 Å². The summed E-state index contributed by atoms with van der Waals surface area (Å²) in [5.41, 5.74) is 0.772. The molecule has 0 rings (SSSR count). The second-order valence-corrected chi connectivity index (χ2v) is 3.74. The largest absolute Gasteiger partial charge is 0.313 e. The van der Waals surface area contributed by atoms with Crippen molar-refractivity contribution < 1.29 is 4.79 Å². The predicted molar refractivity (Wildman–Crippen MR) is 76.1 cm³/mol. The number of hydrogen-bond acceptors (Lipinski definition) is 4. The minimum Gasteiger partial charge on any atom is -0.313 e. The Labute approximate surface area is 108 Å². The van der Waals surface area contributed by atoms with Gasteiger partial charge in [-0.2, -0.15) is 0 Å². The molecule has 0 heterocycles. The molecule has 4 heteroatoms. The summed E-state index contributed by atoms with van der Waals surface area (Å²) in [6, 6.07) is 0. The van der Waals surface area contributed by atoms with E-state index in [1.807, 2.05) is 6.08 Å². The van der Waals surface area contributed by atoms with E-state index in [1.54, 1.807) is 12.2 Å². The first-order valence-electron chi connectivity index (χ1n) is 5.72. The number of carbonyl (C=O) groups is 1. The van der Waals surface area contributed by atoms with E-state index in [2.05, 4.69) is 6.58 Å². The third kappa shape index (κ3) is 7.22. The summed E-state index contributed by atoms with van der Waals surface area (Å²) in [4.78, 5) is 10.8. The van der Waals surface area contributed by atoms with Crippen molar-refractivity contribution in [2.75, 3.05) is 0 Å². The van der Waals surface area contributed by atoms with Crippen LogP contribution in [0.4, 0.5) is 0 Å². The summed E-state index contributed by atoms with van der Waals surface area (Å²) in [6.07, 6.45) is 12.1. The summed E-state index contributed by atoms with van der Waals surface area (Å²) in [5.74, 6) is -0.260. The van der Waals surface area contributed by atoms with E-state index in [4.69, 9.17) is 16.2 Å². The van der Waals surface area contributed by atoms with Crippen molar-refractivity contribution in [2.45, 2.75) is 19.3 Å². The highest BCUT2D eigenvalue weighted by molar-refractivity contribution is 6.31. The summed E-state index contributed by atoms with van der Waals surface area (Å²) < 4.78 is 0. The Morgan fingerprint density at radius 3 is 2.44 bits per heavy atom. The van der Waals surface area contributed by atoms with Gasteiger partial charge in [-0.3, -0.25) is 4.79 Å². The van der Waals surface area contributed by atoms with E-state index in [0.717, 1.165) is 24.6 Å². The lowest BCUT2D eigenvalue weighted by atomic mass is 9.99. The zero-order chi connectivity index (χ0) is 13.8. The molecule has 0 bridgehead atoms. The predicted octanol–water partition coefficient (Wildman–Crippen LogP) is 2.96. The Hall–Kier alpha value is -2.10. The molecule has 0 spiro atoms. The third-order valence-electron chi connectivity index (χ3n) is 2.42. The van der Waals surface area contributed by atoms with Gasteiger partial charge in [-0.15, -0.1) is 0 Å². The highest BCUT2D eigenvalue weighted by Crippen LogP contribution is 2.11. The maximum absolute atomic E-state index is 10.8. The molecule has 0 aliphatic carbocycles. The molecule has 1 atom stereocenters. The van der Waals surface area contributed by atoms with Crippen LogP contribution >= 0.6 is 0 Å². The topological polar surface area (TPSA) is 88.6 Å². The molecule has 0 aromatic carbocycles. The van der Waals surface area contributed by atoms with E-state index in [-0.39, 0.29) is 11.7 Å². The van der Waals surface area contributed by atoms with E-state index in [1.165, 1.54) is 18.5 Å². The third-order valence-corrected chi connectivity index (χ3v) is 2.42. The molecule has 0 amide bonds. The summed E-state index contributed by atoms with van der Waals surface area (Å²) in [6.45, 7) is 3.59. The Morgan fingerprint density at radius 2 is 1.94 bits per heavy atom. The molecule has 4 nitrogen and oxygen atoms in total. The van der Waals surface area contributed by atoms with E-state index < -0.39 is 0 Å². The van der Waals surface area contributed by atoms with E-state index in [0.29, 0.717) is 6.42 Å². The second-order valence-electron chi connectivity index (χ2n) is 3.74. The summed E-state index contributed by atoms with van der Waals surface area (Å²) in [5, 5.41) is 21.1. The zero-order valence-corrected chi connectivity index (χ0v) is 10.4. The molecule has 0 aromatic heterocycles. The lowest BCUT2D eigenvalue weighted by molar-refractivity contribution is -0.108. The Bertz CT molecular complexity index is 371. The number of rotatable bonds is 10. The molecule has 0 saturated heterocycles. The molecule has 0 aromatic rings. The van der Waals surface area contributed by atoms with Crippen molar-refractivity contribution in [3.05, 3.63) is 36.5 Å². The van der Waals surface area contributed by atoms with Crippen LogP contribution in [0.1, 0.15) is 19.3 Å². The Kier molecular flexibility index (Phi) is 8.90. The van der Waals surface area contributed by atoms with Gasteiger partial charge in [0.05, 0.1) is 6.21 Å². The Morgan fingerprint density at radius 1 is 1.22 bits per heavy atom. The molecule has 18 heavy (non-hydrogen) atoms. The summed E-state index contributed by atoms with van der Waals surface area (Å²) in [7, 11) is 0. The van der Waals surface area contributed by atoms with E-state index >= 15 is 0 Å². The van der Waals surface area contributed by atoms with Gasteiger partial charge < -0.3 is 16.2 Å². The fraction of sp³-hybridized carbons (Fsp3) is 0.286. The number of ketones is 1. The zero-order valence-electron chi connectivity index (χ0n) is 10.4. The molecule has 3 N–H and O–H groups in total. The number of carbonyl (C=O) groups excluding carboxylic acids is 1. The van der Waals surface area contributed by atoms with Gasteiger partial charge in [0.25, 0.3) is 0 Å². The first-order chi connectivity index (χ1) is 8.67. The fourth-order valence-electron chi connectivity index (χ4n) is 1.34. The number of nitrogens with one attached hydrogen (secondary N) is 3. The van der Waals surface area contributed by atoms with Crippen LogP contribution in [0.15, 0.2) is 36.5 Å².